The van der Waals surface area contributed by atoms with Crippen molar-refractivity contribution in [3.05, 3.63) is 72.6 Å². The largest absolute Gasteiger partial charge is 0.497 e. The summed E-state index contributed by atoms with van der Waals surface area (Å²) in [4.78, 5) is 20.4. The van der Waals surface area contributed by atoms with Crippen molar-refractivity contribution < 1.29 is 14.6 Å². The molecule has 0 unspecified atom stereocenters. The third-order valence-electron chi connectivity index (χ3n) is 4.89. The number of nitrogens with zero attached hydrogens (tertiary/aromatic N) is 3. The van der Waals surface area contributed by atoms with Gasteiger partial charge in [0.05, 0.1) is 40.9 Å². The zero-order valence-electron chi connectivity index (χ0n) is 15.5. The normalized spacial score (nSPS) is 11.2. The van der Waals surface area contributed by atoms with Gasteiger partial charge in [0, 0.05) is 17.3 Å². The molecule has 3 aromatic heterocycles. The molecule has 0 saturated heterocycles. The Bertz CT molecular complexity index is 1390. The number of hydrogen-bond acceptors (Lipinski definition) is 5. The quantitative estimate of drug-likeness (QED) is 0.475. The molecule has 0 amide bonds. The van der Waals surface area contributed by atoms with Crippen molar-refractivity contribution in [2.75, 3.05) is 12.4 Å². The van der Waals surface area contributed by atoms with Crippen LogP contribution in [-0.2, 0) is 0 Å². The third-order valence-corrected chi connectivity index (χ3v) is 4.89. The summed E-state index contributed by atoms with van der Waals surface area (Å²) in [6.07, 6.45) is 3.46. The SMILES string of the molecule is COc1ccc(Nc2nc3ccncc3n3c2cc2cc(C(=O)O)ccc23)cc1. The van der Waals surface area contributed by atoms with Crippen LogP contribution in [0.1, 0.15) is 10.4 Å². The van der Waals surface area contributed by atoms with Crippen LogP contribution in [0.4, 0.5) is 11.5 Å². The van der Waals surface area contributed by atoms with E-state index in [-0.39, 0.29) is 5.56 Å². The molecule has 0 atom stereocenters. The second-order valence-corrected chi connectivity index (χ2v) is 6.62. The number of fused-ring (bicyclic) bond motifs is 5. The van der Waals surface area contributed by atoms with Gasteiger partial charge in [-0.3, -0.25) is 4.98 Å². The van der Waals surface area contributed by atoms with Crippen LogP contribution in [0.15, 0.2) is 67.0 Å². The van der Waals surface area contributed by atoms with E-state index in [0.717, 1.165) is 38.9 Å². The molecule has 2 N–H and O–H groups in total. The van der Waals surface area contributed by atoms with E-state index in [9.17, 15) is 9.90 Å². The minimum Gasteiger partial charge on any atom is -0.497 e. The first-order valence-electron chi connectivity index (χ1n) is 8.97. The highest BCUT2D eigenvalue weighted by atomic mass is 16.5. The van der Waals surface area contributed by atoms with Gasteiger partial charge in [0.2, 0.25) is 0 Å². The van der Waals surface area contributed by atoms with Crippen molar-refractivity contribution in [3.63, 3.8) is 0 Å². The molecule has 2 aromatic carbocycles. The maximum absolute atomic E-state index is 11.4. The number of carbonyl (C=O) groups is 1. The Kier molecular flexibility index (Phi) is 3.80. The zero-order chi connectivity index (χ0) is 20.0. The Labute approximate surface area is 165 Å². The van der Waals surface area contributed by atoms with Gasteiger partial charge in [0.25, 0.3) is 0 Å². The second-order valence-electron chi connectivity index (χ2n) is 6.62. The molecule has 0 aliphatic heterocycles. The van der Waals surface area contributed by atoms with Gasteiger partial charge in [0.15, 0.2) is 5.82 Å². The fourth-order valence-corrected chi connectivity index (χ4v) is 3.51. The topological polar surface area (TPSA) is 88.8 Å². The van der Waals surface area contributed by atoms with Crippen LogP contribution in [0, 0.1) is 0 Å². The van der Waals surface area contributed by atoms with E-state index in [1.54, 1.807) is 31.6 Å². The van der Waals surface area contributed by atoms with Crippen LogP contribution in [0.25, 0.3) is 27.5 Å². The number of carboxylic acids is 1. The molecule has 0 bridgehead atoms. The summed E-state index contributed by atoms with van der Waals surface area (Å²) in [7, 11) is 1.63. The van der Waals surface area contributed by atoms with Crippen molar-refractivity contribution in [1.82, 2.24) is 14.4 Å². The number of aromatic nitrogens is 3. The maximum atomic E-state index is 11.4. The van der Waals surface area contributed by atoms with Gasteiger partial charge in [-0.15, -0.1) is 0 Å². The van der Waals surface area contributed by atoms with Crippen LogP contribution < -0.4 is 10.1 Å². The minimum absolute atomic E-state index is 0.244. The van der Waals surface area contributed by atoms with Crippen LogP contribution >= 0.6 is 0 Å². The van der Waals surface area contributed by atoms with Crippen LogP contribution in [0.3, 0.4) is 0 Å². The van der Waals surface area contributed by atoms with Crippen molar-refractivity contribution in [3.8, 4) is 5.75 Å². The van der Waals surface area contributed by atoms with Gasteiger partial charge in [-0.05, 0) is 54.6 Å². The number of benzene rings is 2. The maximum Gasteiger partial charge on any atom is 0.335 e. The molecular formula is C22H16N4O3. The van der Waals surface area contributed by atoms with Gasteiger partial charge in [0.1, 0.15) is 5.75 Å². The summed E-state index contributed by atoms with van der Waals surface area (Å²) in [6, 6.07) is 16.5. The number of rotatable bonds is 4. The molecule has 7 heteroatoms. The van der Waals surface area contributed by atoms with Crippen LogP contribution in [-0.4, -0.2) is 32.6 Å². The predicted molar refractivity (Wildman–Crippen MR) is 111 cm³/mol. The van der Waals surface area contributed by atoms with Crippen molar-refractivity contribution in [1.29, 1.82) is 0 Å². The number of pyridine rings is 1. The molecule has 0 fully saturated rings. The van der Waals surface area contributed by atoms with Crippen LogP contribution in [0.2, 0.25) is 0 Å². The fourth-order valence-electron chi connectivity index (χ4n) is 3.51. The number of aromatic carboxylic acids is 1. The molecule has 29 heavy (non-hydrogen) atoms. The van der Waals surface area contributed by atoms with E-state index >= 15 is 0 Å². The van der Waals surface area contributed by atoms with E-state index in [1.807, 2.05) is 46.9 Å². The molecule has 0 aliphatic carbocycles. The van der Waals surface area contributed by atoms with Gasteiger partial charge in [-0.1, -0.05) is 0 Å². The number of hydrogen-bond donors (Lipinski definition) is 2. The second kappa shape index (κ2) is 6.49. The highest BCUT2D eigenvalue weighted by Crippen LogP contribution is 2.31. The van der Waals surface area contributed by atoms with Crippen LogP contribution in [0.5, 0.6) is 5.75 Å². The molecule has 0 aliphatic rings. The molecule has 5 rings (SSSR count). The van der Waals surface area contributed by atoms with E-state index in [0.29, 0.717) is 5.82 Å². The number of carboxylic acid groups (broad SMARTS) is 1. The van der Waals surface area contributed by atoms with E-state index < -0.39 is 5.97 Å². The first kappa shape index (κ1) is 17.0. The summed E-state index contributed by atoms with van der Waals surface area (Å²) >= 11 is 0. The Balaban J connectivity index is 1.77. The number of nitrogens with one attached hydrogen (secondary N) is 1. The zero-order valence-corrected chi connectivity index (χ0v) is 15.5. The third kappa shape index (κ3) is 2.80. The standard InChI is InChI=1S/C22H16N4O3/c1-29-16-5-3-15(4-6-16)24-21-19-11-14-10-13(22(27)28)2-7-18(14)26(19)20-12-23-9-8-17(20)25-21/h2-12H,1H3,(H,24,25)(H,27,28). The lowest BCUT2D eigenvalue weighted by Crippen LogP contribution is -2.00. The summed E-state index contributed by atoms with van der Waals surface area (Å²) in [5.41, 5.74) is 4.46. The fraction of sp³-hybridized carbons (Fsp3) is 0.0455. The molecular weight excluding hydrogens is 368 g/mol. The average Bonchev–Trinajstić information content (AvgIpc) is 3.14. The highest BCUT2D eigenvalue weighted by Gasteiger charge is 2.14. The molecule has 7 nitrogen and oxygen atoms in total. The van der Waals surface area contributed by atoms with E-state index in [4.69, 9.17) is 9.72 Å². The number of ether oxygens (including phenoxy) is 1. The summed E-state index contributed by atoms with van der Waals surface area (Å²) in [6.45, 7) is 0. The Morgan fingerprint density at radius 2 is 1.86 bits per heavy atom. The van der Waals surface area contributed by atoms with E-state index in [2.05, 4.69) is 10.3 Å². The smallest absolute Gasteiger partial charge is 0.335 e. The molecule has 5 aromatic rings. The number of methoxy groups -OCH3 is 1. The minimum atomic E-state index is -0.955. The Morgan fingerprint density at radius 1 is 1.03 bits per heavy atom. The molecule has 3 heterocycles. The molecule has 0 spiro atoms. The first-order chi connectivity index (χ1) is 14.1. The lowest BCUT2D eigenvalue weighted by atomic mass is 10.1. The monoisotopic (exact) mass is 384 g/mol. The van der Waals surface area contributed by atoms with E-state index in [1.165, 1.54) is 0 Å². The summed E-state index contributed by atoms with van der Waals surface area (Å²) in [5, 5.41) is 13.5. The number of anilines is 2. The molecule has 142 valence electrons. The lowest BCUT2D eigenvalue weighted by Gasteiger charge is -2.11. The van der Waals surface area contributed by atoms with Crippen molar-refractivity contribution >= 4 is 44.9 Å². The lowest BCUT2D eigenvalue weighted by molar-refractivity contribution is 0.0697. The molecule has 0 radical (unpaired) electrons. The first-order valence-corrected chi connectivity index (χ1v) is 8.97. The predicted octanol–water partition coefficient (Wildman–Crippen LogP) is 4.49. The summed E-state index contributed by atoms with van der Waals surface area (Å²) in [5.74, 6) is 0.484. The summed E-state index contributed by atoms with van der Waals surface area (Å²) < 4.78 is 7.26. The average molecular weight is 384 g/mol. The molecule has 0 saturated carbocycles. The van der Waals surface area contributed by atoms with Crippen molar-refractivity contribution in [2.24, 2.45) is 0 Å². The Hall–Kier alpha value is -4.13. The van der Waals surface area contributed by atoms with Gasteiger partial charge in [-0.2, -0.15) is 0 Å². The van der Waals surface area contributed by atoms with Gasteiger partial charge >= 0.3 is 5.97 Å². The van der Waals surface area contributed by atoms with Gasteiger partial charge < -0.3 is 19.6 Å². The van der Waals surface area contributed by atoms with Crippen molar-refractivity contribution in [2.45, 2.75) is 0 Å². The van der Waals surface area contributed by atoms with Gasteiger partial charge in [-0.25, -0.2) is 9.78 Å². The highest BCUT2D eigenvalue weighted by molar-refractivity contribution is 6.00. The Morgan fingerprint density at radius 3 is 2.62 bits per heavy atom.